The molecule has 4 N–H and O–H groups in total. The van der Waals surface area contributed by atoms with E-state index in [-0.39, 0.29) is 17.3 Å². The van der Waals surface area contributed by atoms with Crippen molar-refractivity contribution in [2.75, 3.05) is 11.5 Å². The van der Waals surface area contributed by atoms with Gasteiger partial charge in [0.15, 0.2) is 0 Å². The molecule has 0 aliphatic rings. The second kappa shape index (κ2) is 5.99. The van der Waals surface area contributed by atoms with Crippen LogP contribution in [0.3, 0.4) is 0 Å². The lowest BCUT2D eigenvalue weighted by Gasteiger charge is -2.12. The maximum atomic E-state index is 9.33. The van der Waals surface area contributed by atoms with Gasteiger partial charge in [0.05, 0.1) is 11.9 Å². The van der Waals surface area contributed by atoms with Crippen LogP contribution in [0, 0.1) is 11.3 Å². The summed E-state index contributed by atoms with van der Waals surface area (Å²) in [4.78, 5) is 12.0. The Balaban J connectivity index is 2.14. The van der Waals surface area contributed by atoms with E-state index in [2.05, 4.69) is 15.0 Å². The molecule has 0 aliphatic carbocycles. The highest BCUT2D eigenvalue weighted by molar-refractivity contribution is 5.77. The predicted molar refractivity (Wildman–Crippen MR) is 85.3 cm³/mol. The van der Waals surface area contributed by atoms with Crippen LogP contribution in [0.25, 0.3) is 11.3 Å². The number of benzene rings is 1. The van der Waals surface area contributed by atoms with Crippen molar-refractivity contribution >= 4 is 11.8 Å². The van der Waals surface area contributed by atoms with Gasteiger partial charge < -0.3 is 16.2 Å². The molecule has 0 atom stereocenters. The third-order valence-electron chi connectivity index (χ3n) is 3.07. The molecule has 7 nitrogen and oxygen atoms in total. The average molecular weight is 304 g/mol. The smallest absolute Gasteiger partial charge is 0.222 e. The van der Waals surface area contributed by atoms with Gasteiger partial charge in [0, 0.05) is 11.8 Å². The number of nitrogens with zero attached hydrogens (tertiary/aromatic N) is 4. The van der Waals surface area contributed by atoms with Crippen molar-refractivity contribution in [3.05, 3.63) is 54.4 Å². The summed E-state index contributed by atoms with van der Waals surface area (Å²) in [6, 6.07) is 12.7. The molecule has 0 aliphatic heterocycles. The first-order valence-electron chi connectivity index (χ1n) is 6.69. The Bertz CT molecular complexity index is 889. The van der Waals surface area contributed by atoms with E-state index < -0.39 is 0 Å². The predicted octanol–water partition coefficient (Wildman–Crippen LogP) is 2.37. The maximum absolute atomic E-state index is 9.33. The van der Waals surface area contributed by atoms with E-state index in [0.29, 0.717) is 22.8 Å². The second-order valence-corrected chi connectivity index (χ2v) is 4.59. The number of pyridine rings is 1. The first kappa shape index (κ1) is 14.3. The van der Waals surface area contributed by atoms with Crippen LogP contribution in [0.4, 0.5) is 11.8 Å². The molecule has 1 aromatic carbocycles. The van der Waals surface area contributed by atoms with E-state index in [4.69, 9.17) is 16.2 Å². The number of ether oxygens (including phenoxy) is 1. The highest BCUT2D eigenvalue weighted by Crippen LogP contribution is 2.35. The lowest BCUT2D eigenvalue weighted by Crippen LogP contribution is -2.05. The van der Waals surface area contributed by atoms with E-state index in [0.717, 1.165) is 0 Å². The van der Waals surface area contributed by atoms with Crippen molar-refractivity contribution in [2.45, 2.75) is 0 Å². The Labute approximate surface area is 132 Å². The van der Waals surface area contributed by atoms with Crippen LogP contribution in [0.5, 0.6) is 11.5 Å². The number of para-hydroxylation sites is 1. The number of hydrogen-bond acceptors (Lipinski definition) is 7. The molecule has 2 heterocycles. The first-order chi connectivity index (χ1) is 11.2. The van der Waals surface area contributed by atoms with E-state index in [1.165, 1.54) is 0 Å². The molecule has 23 heavy (non-hydrogen) atoms. The molecular weight excluding hydrogens is 292 g/mol. The summed E-state index contributed by atoms with van der Waals surface area (Å²) in [7, 11) is 0. The number of nitriles is 1. The molecule has 7 heteroatoms. The molecule has 0 fully saturated rings. The maximum Gasteiger partial charge on any atom is 0.222 e. The van der Waals surface area contributed by atoms with Crippen LogP contribution in [0.15, 0.2) is 48.8 Å². The molecule has 3 rings (SSSR count). The quantitative estimate of drug-likeness (QED) is 0.761. The fourth-order valence-electron chi connectivity index (χ4n) is 2.09. The minimum absolute atomic E-state index is 0.00678. The molecule has 0 saturated heterocycles. The largest absolute Gasteiger partial charge is 0.455 e. The van der Waals surface area contributed by atoms with Gasteiger partial charge in [-0.2, -0.15) is 10.2 Å². The van der Waals surface area contributed by atoms with Gasteiger partial charge >= 0.3 is 0 Å². The second-order valence-electron chi connectivity index (χ2n) is 4.59. The van der Waals surface area contributed by atoms with Crippen molar-refractivity contribution in [2.24, 2.45) is 0 Å². The van der Waals surface area contributed by atoms with Gasteiger partial charge in [0.1, 0.15) is 28.9 Å². The van der Waals surface area contributed by atoms with Crippen LogP contribution in [0.2, 0.25) is 0 Å². The zero-order valence-electron chi connectivity index (χ0n) is 12.0. The Kier molecular flexibility index (Phi) is 3.72. The molecule has 0 spiro atoms. The minimum atomic E-state index is -0.00678. The van der Waals surface area contributed by atoms with Gasteiger partial charge in [-0.25, -0.2) is 4.98 Å². The van der Waals surface area contributed by atoms with Crippen molar-refractivity contribution in [3.8, 4) is 28.8 Å². The van der Waals surface area contributed by atoms with E-state index in [1.807, 2.05) is 12.1 Å². The highest BCUT2D eigenvalue weighted by Gasteiger charge is 2.17. The van der Waals surface area contributed by atoms with Gasteiger partial charge in [-0.05, 0) is 24.3 Å². The van der Waals surface area contributed by atoms with Crippen molar-refractivity contribution in [1.29, 1.82) is 5.26 Å². The van der Waals surface area contributed by atoms with Crippen molar-refractivity contribution in [3.63, 3.8) is 0 Å². The number of aromatic nitrogens is 3. The topological polar surface area (TPSA) is 124 Å². The minimum Gasteiger partial charge on any atom is -0.455 e. The fraction of sp³-hybridized carbons (Fsp3) is 0. The number of rotatable bonds is 3. The van der Waals surface area contributed by atoms with E-state index >= 15 is 0 Å². The Morgan fingerprint density at radius 3 is 2.61 bits per heavy atom. The van der Waals surface area contributed by atoms with Crippen molar-refractivity contribution in [1.82, 2.24) is 15.0 Å². The molecule has 0 radical (unpaired) electrons. The molecule has 0 bridgehead atoms. The van der Waals surface area contributed by atoms with Gasteiger partial charge in [0.25, 0.3) is 0 Å². The van der Waals surface area contributed by atoms with Crippen LogP contribution < -0.4 is 16.2 Å². The summed E-state index contributed by atoms with van der Waals surface area (Å²) in [5, 5.41) is 9.33. The zero-order chi connectivity index (χ0) is 16.2. The molecule has 112 valence electrons. The van der Waals surface area contributed by atoms with Gasteiger partial charge in [0.2, 0.25) is 5.95 Å². The third kappa shape index (κ3) is 2.87. The standard InChI is InChI=1S/C16H12N6O/c17-8-12-14(21-16(19)22-15(12)18)11-5-1-2-6-13(11)23-10-4-3-7-20-9-10/h1-7,9H,(H4,18,19,21,22). The van der Waals surface area contributed by atoms with E-state index in [9.17, 15) is 5.26 Å². The zero-order valence-corrected chi connectivity index (χ0v) is 12.0. The lowest BCUT2D eigenvalue weighted by atomic mass is 10.1. The number of nitrogen functional groups attached to an aromatic ring is 2. The summed E-state index contributed by atoms with van der Waals surface area (Å²) in [5.74, 6) is 1.10. The summed E-state index contributed by atoms with van der Waals surface area (Å²) < 4.78 is 5.83. The van der Waals surface area contributed by atoms with Crippen LogP contribution in [0.1, 0.15) is 5.56 Å². The van der Waals surface area contributed by atoms with Crippen LogP contribution in [-0.4, -0.2) is 15.0 Å². The molecule has 2 aromatic heterocycles. The number of hydrogen-bond donors (Lipinski definition) is 2. The average Bonchev–Trinajstić information content (AvgIpc) is 2.56. The third-order valence-corrected chi connectivity index (χ3v) is 3.07. The Morgan fingerprint density at radius 1 is 1.04 bits per heavy atom. The van der Waals surface area contributed by atoms with Gasteiger partial charge in [-0.1, -0.05) is 12.1 Å². The van der Waals surface area contributed by atoms with Crippen molar-refractivity contribution < 1.29 is 4.74 Å². The fourth-order valence-corrected chi connectivity index (χ4v) is 2.09. The van der Waals surface area contributed by atoms with Crippen LogP contribution >= 0.6 is 0 Å². The molecule has 0 unspecified atom stereocenters. The van der Waals surface area contributed by atoms with E-state index in [1.54, 1.807) is 42.7 Å². The number of nitrogens with two attached hydrogens (primary N) is 2. The SMILES string of the molecule is N#Cc1c(N)nc(N)nc1-c1ccccc1Oc1cccnc1. The molecule has 0 saturated carbocycles. The number of anilines is 2. The first-order valence-corrected chi connectivity index (χ1v) is 6.69. The van der Waals surface area contributed by atoms with Gasteiger partial charge in [-0.15, -0.1) is 0 Å². The summed E-state index contributed by atoms with van der Waals surface area (Å²) in [6.45, 7) is 0. The Morgan fingerprint density at radius 2 is 1.87 bits per heavy atom. The molecular formula is C16H12N6O. The lowest BCUT2D eigenvalue weighted by molar-refractivity contribution is 0.482. The summed E-state index contributed by atoms with van der Waals surface area (Å²) in [5.41, 5.74) is 12.5. The van der Waals surface area contributed by atoms with Crippen LogP contribution in [-0.2, 0) is 0 Å². The summed E-state index contributed by atoms with van der Waals surface area (Å²) in [6.07, 6.45) is 3.24. The monoisotopic (exact) mass is 304 g/mol. The molecule has 0 amide bonds. The molecule has 3 aromatic rings. The summed E-state index contributed by atoms with van der Waals surface area (Å²) >= 11 is 0. The Hall–Kier alpha value is -3.66. The highest BCUT2D eigenvalue weighted by atomic mass is 16.5. The normalized spacial score (nSPS) is 10.0. The van der Waals surface area contributed by atoms with Gasteiger partial charge in [-0.3, -0.25) is 4.98 Å².